The largest absolute Gasteiger partial charge is 0.375 e. The Morgan fingerprint density at radius 2 is 1.90 bits per heavy atom. The third kappa shape index (κ3) is 3.88. The zero-order valence-corrected chi connectivity index (χ0v) is 19.0. The number of rotatable bonds is 6. The first-order valence-corrected chi connectivity index (χ1v) is 10.7. The van der Waals surface area contributed by atoms with Gasteiger partial charge in [0.2, 0.25) is 0 Å². The second-order valence-electron chi connectivity index (χ2n) is 9.28. The predicted octanol–water partition coefficient (Wildman–Crippen LogP) is 5.01. The van der Waals surface area contributed by atoms with Gasteiger partial charge in [0.1, 0.15) is 20.4 Å². The molecule has 0 radical (unpaired) electrons. The molecular weight excluding hydrogens is 356 g/mol. The van der Waals surface area contributed by atoms with Gasteiger partial charge in [-0.3, -0.25) is 0 Å². The Morgan fingerprint density at radius 3 is 2.52 bits per heavy atom. The summed E-state index contributed by atoms with van der Waals surface area (Å²) in [4.78, 5) is 12.9. The molecule has 3 nitrogen and oxygen atoms in total. The van der Waals surface area contributed by atoms with Crippen LogP contribution in [-0.2, 0) is 10.2 Å². The standard InChI is InChI=1S/C26H35N2O/c1-18(2)25-21-12-10-19(27(5)6)16-23(21)26(3,4)24-17-20(11-13-22(24)25)28(7)14-8-9-15-29/h10-13,15-18H,8-9,14H2,1-7H3/q+1. The highest BCUT2D eigenvalue weighted by Gasteiger charge is 2.38. The van der Waals surface area contributed by atoms with E-state index in [1.807, 2.05) is 0 Å². The zero-order chi connectivity index (χ0) is 21.3. The Hall–Kier alpha value is -2.42. The van der Waals surface area contributed by atoms with E-state index in [4.69, 9.17) is 0 Å². The number of fused-ring (bicyclic) bond motifs is 2. The summed E-state index contributed by atoms with van der Waals surface area (Å²) in [6.07, 6.45) is 9.42. The molecule has 0 unspecified atom stereocenters. The molecular formula is C26H35N2O+. The van der Waals surface area contributed by atoms with Crippen molar-refractivity contribution in [2.24, 2.45) is 5.92 Å². The molecule has 0 atom stereocenters. The average molecular weight is 392 g/mol. The van der Waals surface area contributed by atoms with E-state index >= 15 is 0 Å². The van der Waals surface area contributed by atoms with E-state index in [1.165, 1.54) is 39.2 Å². The fourth-order valence-corrected chi connectivity index (χ4v) is 4.54. The second kappa shape index (κ2) is 8.14. The number of anilines is 1. The number of benzene rings is 1. The summed E-state index contributed by atoms with van der Waals surface area (Å²) < 4.78 is 2.18. The molecule has 2 aliphatic rings. The maximum absolute atomic E-state index is 10.7. The lowest BCUT2D eigenvalue weighted by Crippen LogP contribution is -2.31. The molecule has 0 fully saturated rings. The molecule has 3 heteroatoms. The number of carbonyl (C=O) groups is 1. The number of nitrogens with zero attached hydrogens (tertiary/aromatic N) is 2. The van der Waals surface area contributed by atoms with Crippen molar-refractivity contribution >= 4 is 23.3 Å². The highest BCUT2D eigenvalue weighted by Crippen LogP contribution is 2.50. The van der Waals surface area contributed by atoms with Gasteiger partial charge in [0.25, 0.3) is 0 Å². The maximum atomic E-state index is 10.7. The molecule has 0 aromatic heterocycles. The molecule has 0 N–H and O–H groups in total. The monoisotopic (exact) mass is 391 g/mol. The van der Waals surface area contributed by atoms with Gasteiger partial charge in [-0.2, -0.15) is 0 Å². The molecule has 0 spiro atoms. The van der Waals surface area contributed by atoms with Crippen molar-refractivity contribution in [3.63, 3.8) is 0 Å². The van der Waals surface area contributed by atoms with Gasteiger partial charge in [0, 0.05) is 43.3 Å². The lowest BCUT2D eigenvalue weighted by molar-refractivity contribution is -0.462. The van der Waals surface area contributed by atoms with Crippen LogP contribution >= 0.6 is 0 Å². The summed E-state index contributed by atoms with van der Waals surface area (Å²) in [6, 6.07) is 6.90. The van der Waals surface area contributed by atoms with E-state index in [-0.39, 0.29) is 5.41 Å². The van der Waals surface area contributed by atoms with E-state index in [1.54, 1.807) is 0 Å². The van der Waals surface area contributed by atoms with Crippen molar-refractivity contribution in [3.8, 4) is 0 Å². The minimum Gasteiger partial charge on any atom is -0.375 e. The van der Waals surface area contributed by atoms with Gasteiger partial charge in [-0.05, 0) is 58.4 Å². The molecule has 0 saturated carbocycles. The minimum absolute atomic E-state index is 0.0747. The highest BCUT2D eigenvalue weighted by molar-refractivity contribution is 6.05. The van der Waals surface area contributed by atoms with Crippen LogP contribution in [0.15, 0.2) is 47.6 Å². The average Bonchev–Trinajstić information content (AvgIpc) is 2.67. The van der Waals surface area contributed by atoms with Crippen LogP contribution in [0, 0.1) is 5.92 Å². The lowest BCUT2D eigenvalue weighted by atomic mass is 9.63. The van der Waals surface area contributed by atoms with Gasteiger partial charge >= 0.3 is 0 Å². The number of hydrogen-bond acceptors (Lipinski definition) is 2. The molecule has 3 rings (SSSR count). The number of hydrogen-bond donors (Lipinski definition) is 0. The minimum atomic E-state index is -0.0747. The summed E-state index contributed by atoms with van der Waals surface area (Å²) in [7, 11) is 6.32. The van der Waals surface area contributed by atoms with Gasteiger partial charge in [0.05, 0.1) is 0 Å². The Kier molecular flexibility index (Phi) is 5.97. The lowest BCUT2D eigenvalue weighted by Gasteiger charge is -2.40. The summed E-state index contributed by atoms with van der Waals surface area (Å²) >= 11 is 0. The van der Waals surface area contributed by atoms with Gasteiger partial charge in [-0.15, -0.1) is 0 Å². The zero-order valence-electron chi connectivity index (χ0n) is 19.0. The normalized spacial score (nSPS) is 17.1. The van der Waals surface area contributed by atoms with Crippen LogP contribution in [0.3, 0.4) is 0 Å². The third-order valence-electron chi connectivity index (χ3n) is 6.28. The van der Waals surface area contributed by atoms with Crippen LogP contribution in [0.1, 0.15) is 51.7 Å². The summed E-state index contributed by atoms with van der Waals surface area (Å²) in [5, 5.41) is 0. The van der Waals surface area contributed by atoms with Crippen molar-refractivity contribution in [1.82, 2.24) is 0 Å². The fraction of sp³-hybridized carbons (Fsp3) is 0.462. The highest BCUT2D eigenvalue weighted by atomic mass is 16.1. The Bertz CT molecular complexity index is 937. The molecule has 2 aliphatic carbocycles. The van der Waals surface area contributed by atoms with Crippen LogP contribution in [-0.4, -0.2) is 44.3 Å². The Balaban J connectivity index is 2.16. The van der Waals surface area contributed by atoms with E-state index in [9.17, 15) is 4.79 Å². The molecule has 154 valence electrons. The SMILES string of the molecule is CC(C)C1=C2C=CC(=[N+](C)C)C=C2C(C)(C)c2cc(N(C)CCCC=O)ccc21. The third-order valence-corrected chi connectivity index (χ3v) is 6.28. The molecule has 29 heavy (non-hydrogen) atoms. The van der Waals surface area contributed by atoms with E-state index in [0.717, 1.165) is 19.3 Å². The maximum Gasteiger partial charge on any atom is 0.199 e. The van der Waals surface area contributed by atoms with E-state index < -0.39 is 0 Å². The van der Waals surface area contributed by atoms with Crippen LogP contribution in [0.5, 0.6) is 0 Å². The summed E-state index contributed by atoms with van der Waals surface area (Å²) in [5.74, 6) is 0.449. The van der Waals surface area contributed by atoms with Crippen LogP contribution in [0.4, 0.5) is 5.69 Å². The Labute approximate surface area is 176 Å². The van der Waals surface area contributed by atoms with Crippen molar-refractivity contribution < 1.29 is 9.37 Å². The molecule has 0 heterocycles. The first kappa shape index (κ1) is 21.3. The topological polar surface area (TPSA) is 23.3 Å². The molecule has 0 saturated heterocycles. The Morgan fingerprint density at radius 1 is 1.17 bits per heavy atom. The van der Waals surface area contributed by atoms with Crippen LogP contribution < -0.4 is 4.90 Å². The number of unbranched alkanes of at least 4 members (excludes halogenated alkanes) is 1. The van der Waals surface area contributed by atoms with Crippen molar-refractivity contribution in [1.29, 1.82) is 0 Å². The van der Waals surface area contributed by atoms with Crippen LogP contribution in [0.2, 0.25) is 0 Å². The first-order chi connectivity index (χ1) is 13.7. The molecule has 0 amide bonds. The molecule has 0 bridgehead atoms. The number of carbonyl (C=O) groups excluding carboxylic acids is 1. The second-order valence-corrected chi connectivity index (χ2v) is 9.28. The van der Waals surface area contributed by atoms with Crippen LogP contribution in [0.25, 0.3) is 5.57 Å². The van der Waals surface area contributed by atoms with E-state index in [2.05, 4.69) is 94.7 Å². The predicted molar refractivity (Wildman–Crippen MR) is 124 cm³/mol. The van der Waals surface area contributed by atoms with Crippen molar-refractivity contribution in [2.45, 2.75) is 46.0 Å². The summed E-state index contributed by atoms with van der Waals surface area (Å²) in [6.45, 7) is 10.2. The first-order valence-electron chi connectivity index (χ1n) is 10.7. The van der Waals surface area contributed by atoms with Gasteiger partial charge in [-0.1, -0.05) is 33.8 Å². The van der Waals surface area contributed by atoms with Crippen molar-refractivity contribution in [2.75, 3.05) is 32.6 Å². The van der Waals surface area contributed by atoms with E-state index in [0.29, 0.717) is 12.3 Å². The summed E-state index contributed by atoms with van der Waals surface area (Å²) in [5.41, 5.74) is 9.38. The molecule has 0 aliphatic heterocycles. The quantitative estimate of drug-likeness (QED) is 0.386. The van der Waals surface area contributed by atoms with Gasteiger partial charge in [0.15, 0.2) is 5.71 Å². The number of aldehydes is 1. The molecule has 1 aromatic rings. The smallest absolute Gasteiger partial charge is 0.199 e. The van der Waals surface area contributed by atoms with Gasteiger partial charge < -0.3 is 9.69 Å². The van der Waals surface area contributed by atoms with Crippen molar-refractivity contribution in [3.05, 3.63) is 58.7 Å². The fourth-order valence-electron chi connectivity index (χ4n) is 4.54. The molecule has 1 aromatic carbocycles. The van der Waals surface area contributed by atoms with Gasteiger partial charge in [-0.25, -0.2) is 4.58 Å². The number of allylic oxidation sites excluding steroid dienone is 6.